The van der Waals surface area contributed by atoms with Crippen molar-refractivity contribution < 1.29 is 18.9 Å². The smallest absolute Gasteiger partial charge is 0.336 e. The van der Waals surface area contributed by atoms with Crippen LogP contribution < -0.4 is 10.5 Å². The Balaban J connectivity index is 1.40. The predicted octanol–water partition coefficient (Wildman–Crippen LogP) is 3.97. The molecule has 2 heterocycles. The normalized spacial score (nSPS) is 14.5. The van der Waals surface area contributed by atoms with E-state index in [0.717, 1.165) is 10.9 Å². The molecule has 3 aromatic rings. The van der Waals surface area contributed by atoms with Gasteiger partial charge < -0.3 is 14.1 Å². The summed E-state index contributed by atoms with van der Waals surface area (Å²) >= 11 is 0. The summed E-state index contributed by atoms with van der Waals surface area (Å²) in [5.41, 5.74) is 2.19. The fourth-order valence-corrected chi connectivity index (χ4v) is 3.97. The number of nitro benzene ring substituents is 1. The number of carbonyl (C=O) groups excluding carboxylic acids is 1. The maximum absolute atomic E-state index is 12.6. The van der Waals surface area contributed by atoms with Crippen molar-refractivity contribution in [1.29, 1.82) is 0 Å². The molecule has 1 saturated heterocycles. The zero-order valence-corrected chi connectivity index (χ0v) is 17.1. The second-order valence-electron chi connectivity index (χ2n) is 7.71. The van der Waals surface area contributed by atoms with Gasteiger partial charge in [-0.25, -0.2) is 4.79 Å². The number of benzene rings is 2. The number of nitro groups is 1. The first-order valence-electron chi connectivity index (χ1n) is 10.1. The summed E-state index contributed by atoms with van der Waals surface area (Å²) in [6, 6.07) is 13.5. The minimum absolute atomic E-state index is 0.00559. The third-order valence-corrected chi connectivity index (χ3v) is 5.60. The molecule has 0 unspecified atom stereocenters. The Morgan fingerprint density at radius 2 is 1.94 bits per heavy atom. The monoisotopic (exact) mass is 422 g/mol. The zero-order chi connectivity index (χ0) is 22.0. The van der Waals surface area contributed by atoms with Gasteiger partial charge >= 0.3 is 11.6 Å². The van der Waals surface area contributed by atoms with Crippen LogP contribution in [0.4, 0.5) is 11.4 Å². The summed E-state index contributed by atoms with van der Waals surface area (Å²) in [6.07, 6.45) is 1.09. The second-order valence-corrected chi connectivity index (χ2v) is 7.71. The van der Waals surface area contributed by atoms with E-state index in [4.69, 9.17) is 9.15 Å². The average Bonchev–Trinajstić information content (AvgIpc) is 2.77. The highest BCUT2D eigenvalue weighted by molar-refractivity contribution is 5.81. The molecule has 1 aromatic heterocycles. The van der Waals surface area contributed by atoms with E-state index < -0.39 is 10.5 Å². The van der Waals surface area contributed by atoms with Gasteiger partial charge in [-0.15, -0.1) is 0 Å². The Kier molecular flexibility index (Phi) is 5.70. The van der Waals surface area contributed by atoms with E-state index in [9.17, 15) is 19.7 Å². The highest BCUT2D eigenvalue weighted by Gasteiger charge is 2.29. The van der Waals surface area contributed by atoms with E-state index in [1.165, 1.54) is 12.1 Å². The summed E-state index contributed by atoms with van der Waals surface area (Å²) in [6.45, 7) is 2.96. The highest BCUT2D eigenvalue weighted by atomic mass is 16.6. The van der Waals surface area contributed by atoms with Crippen LogP contribution in [0, 0.1) is 23.0 Å². The van der Waals surface area contributed by atoms with Crippen molar-refractivity contribution >= 4 is 28.3 Å². The van der Waals surface area contributed by atoms with Crippen molar-refractivity contribution in [2.45, 2.75) is 26.4 Å². The predicted molar refractivity (Wildman–Crippen MR) is 115 cm³/mol. The van der Waals surface area contributed by atoms with Crippen LogP contribution in [-0.2, 0) is 16.1 Å². The molecule has 31 heavy (non-hydrogen) atoms. The molecule has 0 bridgehead atoms. The number of anilines is 1. The number of nitrogens with zero attached hydrogens (tertiary/aromatic N) is 2. The molecule has 4 rings (SSSR count). The lowest BCUT2D eigenvalue weighted by Gasteiger charge is -2.32. The van der Waals surface area contributed by atoms with Crippen molar-refractivity contribution in [3.05, 3.63) is 80.2 Å². The van der Waals surface area contributed by atoms with Gasteiger partial charge in [0.2, 0.25) is 0 Å². The summed E-state index contributed by atoms with van der Waals surface area (Å²) in [5.74, 6) is -0.608. The Labute approximate surface area is 178 Å². The van der Waals surface area contributed by atoms with E-state index >= 15 is 0 Å². The summed E-state index contributed by atoms with van der Waals surface area (Å²) < 4.78 is 10.8. The van der Waals surface area contributed by atoms with Gasteiger partial charge in [0.05, 0.1) is 10.8 Å². The molecule has 0 radical (unpaired) electrons. The Morgan fingerprint density at radius 1 is 1.19 bits per heavy atom. The first kappa shape index (κ1) is 20.6. The summed E-state index contributed by atoms with van der Waals surface area (Å²) in [7, 11) is 0. The standard InChI is InChI=1S/C23H22N2O6/c1-15-6-7-18-17(13-22(26)31-21(18)12-15)14-30-23(27)16-8-10-24(11-9-16)19-4-2-3-5-20(19)25(28)29/h2-7,12-13,16H,8-11,14H2,1H3. The lowest BCUT2D eigenvalue weighted by atomic mass is 9.96. The minimum atomic E-state index is -0.484. The molecule has 1 aliphatic heterocycles. The largest absolute Gasteiger partial charge is 0.461 e. The number of fused-ring (bicyclic) bond motifs is 1. The van der Waals surface area contributed by atoms with Gasteiger partial charge in [0.25, 0.3) is 5.69 Å². The second kappa shape index (κ2) is 8.59. The maximum Gasteiger partial charge on any atom is 0.336 e. The summed E-state index contributed by atoms with van der Waals surface area (Å²) in [5, 5.41) is 12.0. The maximum atomic E-state index is 12.6. The van der Waals surface area contributed by atoms with Crippen LogP contribution in [0.5, 0.6) is 0 Å². The van der Waals surface area contributed by atoms with E-state index in [1.807, 2.05) is 24.0 Å². The number of rotatable bonds is 5. The van der Waals surface area contributed by atoms with Crippen LogP contribution in [0.15, 0.2) is 57.7 Å². The molecule has 0 atom stereocenters. The molecule has 0 aliphatic carbocycles. The van der Waals surface area contributed by atoms with Crippen molar-refractivity contribution in [2.24, 2.45) is 5.92 Å². The average molecular weight is 422 g/mol. The number of aryl methyl sites for hydroxylation is 1. The van der Waals surface area contributed by atoms with Gasteiger partial charge in [-0.1, -0.05) is 24.3 Å². The van der Waals surface area contributed by atoms with E-state index in [-0.39, 0.29) is 24.2 Å². The number of hydrogen-bond acceptors (Lipinski definition) is 7. The van der Waals surface area contributed by atoms with Gasteiger partial charge in [-0.05, 0) is 37.5 Å². The molecule has 0 spiro atoms. The van der Waals surface area contributed by atoms with Gasteiger partial charge in [-0.2, -0.15) is 0 Å². The SMILES string of the molecule is Cc1ccc2c(COC(=O)C3CCN(c4ccccc4[N+](=O)[O-])CC3)cc(=O)oc2c1. The van der Waals surface area contributed by atoms with Crippen LogP contribution in [-0.4, -0.2) is 24.0 Å². The van der Waals surface area contributed by atoms with E-state index in [1.54, 1.807) is 24.3 Å². The molecular formula is C23H22N2O6. The third-order valence-electron chi connectivity index (χ3n) is 5.60. The van der Waals surface area contributed by atoms with Crippen LogP contribution in [0.25, 0.3) is 11.0 Å². The minimum Gasteiger partial charge on any atom is -0.461 e. The molecule has 160 valence electrons. The van der Waals surface area contributed by atoms with Crippen LogP contribution in [0.2, 0.25) is 0 Å². The molecule has 8 heteroatoms. The van der Waals surface area contributed by atoms with Gasteiger partial charge in [0, 0.05) is 36.2 Å². The first-order chi connectivity index (χ1) is 14.9. The molecule has 0 amide bonds. The number of carbonyl (C=O) groups is 1. The Bertz CT molecular complexity index is 1190. The zero-order valence-electron chi connectivity index (χ0n) is 17.1. The number of piperidine rings is 1. The molecule has 1 fully saturated rings. The molecule has 0 N–H and O–H groups in total. The van der Waals surface area contributed by atoms with Crippen LogP contribution in [0.1, 0.15) is 24.0 Å². The number of para-hydroxylation sites is 2. The van der Waals surface area contributed by atoms with Crippen molar-refractivity contribution in [3.8, 4) is 0 Å². The van der Waals surface area contributed by atoms with Crippen molar-refractivity contribution in [2.75, 3.05) is 18.0 Å². The molecule has 0 saturated carbocycles. The fourth-order valence-electron chi connectivity index (χ4n) is 3.97. The van der Waals surface area contributed by atoms with Gasteiger partial charge in [0.1, 0.15) is 17.9 Å². The molecular weight excluding hydrogens is 400 g/mol. The lowest BCUT2D eigenvalue weighted by molar-refractivity contribution is -0.384. The van der Waals surface area contributed by atoms with Crippen molar-refractivity contribution in [1.82, 2.24) is 0 Å². The topological polar surface area (TPSA) is 103 Å². The molecule has 8 nitrogen and oxygen atoms in total. The number of ether oxygens (including phenoxy) is 1. The van der Waals surface area contributed by atoms with E-state index in [0.29, 0.717) is 42.8 Å². The highest BCUT2D eigenvalue weighted by Crippen LogP contribution is 2.31. The Morgan fingerprint density at radius 3 is 2.68 bits per heavy atom. The fraction of sp³-hybridized carbons (Fsp3) is 0.304. The third kappa shape index (κ3) is 4.42. The Hall–Kier alpha value is -3.68. The number of esters is 1. The summed E-state index contributed by atoms with van der Waals surface area (Å²) in [4.78, 5) is 37.3. The van der Waals surface area contributed by atoms with Gasteiger partial charge in [0.15, 0.2) is 0 Å². The van der Waals surface area contributed by atoms with E-state index in [2.05, 4.69) is 0 Å². The van der Waals surface area contributed by atoms with Crippen molar-refractivity contribution in [3.63, 3.8) is 0 Å². The van der Waals surface area contributed by atoms with Crippen LogP contribution in [0.3, 0.4) is 0 Å². The first-order valence-corrected chi connectivity index (χ1v) is 10.1. The quantitative estimate of drug-likeness (QED) is 0.265. The van der Waals surface area contributed by atoms with Gasteiger partial charge in [-0.3, -0.25) is 14.9 Å². The lowest BCUT2D eigenvalue weighted by Crippen LogP contribution is -2.37. The molecule has 1 aliphatic rings. The molecule has 2 aromatic carbocycles. The number of hydrogen-bond donors (Lipinski definition) is 0. The van der Waals surface area contributed by atoms with Crippen LogP contribution >= 0.6 is 0 Å².